The number of hydrogen-bond acceptors (Lipinski definition) is 3. The maximum atomic E-state index is 12.4. The van der Waals surface area contributed by atoms with Gasteiger partial charge in [-0.2, -0.15) is 0 Å². The molecule has 0 N–H and O–H groups in total. The van der Waals surface area contributed by atoms with Gasteiger partial charge in [0.1, 0.15) is 0 Å². The summed E-state index contributed by atoms with van der Waals surface area (Å²) in [4.78, 5) is 36.9. The van der Waals surface area contributed by atoms with E-state index in [1.165, 1.54) is 0 Å². The van der Waals surface area contributed by atoms with Gasteiger partial charge in [-0.1, -0.05) is 20.3 Å². The highest BCUT2D eigenvalue weighted by molar-refractivity contribution is 14.0. The molecular weight excluding hydrogens is 469 g/mol. The van der Waals surface area contributed by atoms with E-state index in [1.807, 2.05) is 47.8 Å². The molecular formula is C20H40IN5O2. The van der Waals surface area contributed by atoms with Crippen molar-refractivity contribution < 1.29 is 9.59 Å². The lowest BCUT2D eigenvalue weighted by molar-refractivity contribution is -0.140. The number of aliphatic imine (C=N–C) groups is 1. The second-order valence-corrected chi connectivity index (χ2v) is 8.14. The summed E-state index contributed by atoms with van der Waals surface area (Å²) >= 11 is 0. The average Bonchev–Trinajstić information content (AvgIpc) is 2.59. The van der Waals surface area contributed by atoms with Crippen LogP contribution >= 0.6 is 24.0 Å². The molecule has 0 aromatic carbocycles. The standard InChI is InChI=1S/C20H39N5O2.HI/c1-17(2)16-19(27)25-14-12-24(13-15-25)18(26)10-8-7-9-11-21-20(22(3)4)23(5)6;/h17H,7-16H2,1-6H3;1H. The first kappa shape index (κ1) is 26.9. The molecule has 8 heteroatoms. The Hall–Kier alpha value is -1.06. The first-order valence-corrected chi connectivity index (χ1v) is 10.2. The maximum absolute atomic E-state index is 12.4. The quantitative estimate of drug-likeness (QED) is 0.218. The molecule has 2 amide bonds. The number of guanidine groups is 1. The molecule has 1 aliphatic rings. The van der Waals surface area contributed by atoms with Crippen LogP contribution in [-0.4, -0.2) is 98.3 Å². The molecule has 0 bridgehead atoms. The van der Waals surface area contributed by atoms with E-state index in [0.29, 0.717) is 44.9 Å². The molecule has 0 saturated carbocycles. The molecule has 0 aromatic rings. The monoisotopic (exact) mass is 509 g/mol. The van der Waals surface area contributed by atoms with Gasteiger partial charge in [0.15, 0.2) is 5.96 Å². The van der Waals surface area contributed by atoms with E-state index in [1.54, 1.807) is 0 Å². The molecule has 0 aliphatic carbocycles. The molecule has 7 nitrogen and oxygen atoms in total. The molecule has 1 heterocycles. The highest BCUT2D eigenvalue weighted by Gasteiger charge is 2.23. The molecule has 0 radical (unpaired) electrons. The van der Waals surface area contributed by atoms with Crippen molar-refractivity contribution in [1.29, 1.82) is 0 Å². The Morgan fingerprint density at radius 3 is 1.82 bits per heavy atom. The number of carbonyl (C=O) groups excluding carboxylic acids is 2. The third-order valence-corrected chi connectivity index (χ3v) is 4.67. The van der Waals surface area contributed by atoms with E-state index in [2.05, 4.69) is 18.8 Å². The van der Waals surface area contributed by atoms with Gasteiger partial charge in [0, 0.05) is 73.8 Å². The highest BCUT2D eigenvalue weighted by atomic mass is 127. The van der Waals surface area contributed by atoms with Crippen LogP contribution in [0.5, 0.6) is 0 Å². The van der Waals surface area contributed by atoms with Gasteiger partial charge in [-0.25, -0.2) is 0 Å². The largest absolute Gasteiger partial charge is 0.349 e. The van der Waals surface area contributed by atoms with Crippen LogP contribution in [-0.2, 0) is 9.59 Å². The minimum absolute atomic E-state index is 0. The summed E-state index contributed by atoms with van der Waals surface area (Å²) in [6.45, 7) is 7.59. The van der Waals surface area contributed by atoms with Gasteiger partial charge in [-0.05, 0) is 18.8 Å². The van der Waals surface area contributed by atoms with Gasteiger partial charge in [0.25, 0.3) is 0 Å². The van der Waals surface area contributed by atoms with Gasteiger partial charge < -0.3 is 19.6 Å². The topological polar surface area (TPSA) is 59.5 Å². The zero-order valence-corrected chi connectivity index (χ0v) is 20.9. The third-order valence-electron chi connectivity index (χ3n) is 4.67. The van der Waals surface area contributed by atoms with Crippen molar-refractivity contribution in [3.8, 4) is 0 Å². The van der Waals surface area contributed by atoms with Crippen LogP contribution in [0.3, 0.4) is 0 Å². The molecule has 1 fully saturated rings. The number of unbranched alkanes of at least 4 members (excludes halogenated alkanes) is 2. The average molecular weight is 509 g/mol. The summed E-state index contributed by atoms with van der Waals surface area (Å²) in [5.74, 6) is 1.79. The molecule has 0 spiro atoms. The summed E-state index contributed by atoms with van der Waals surface area (Å²) in [7, 11) is 7.97. The fourth-order valence-electron chi connectivity index (χ4n) is 3.27. The van der Waals surface area contributed by atoms with Crippen LogP contribution in [0.2, 0.25) is 0 Å². The Bertz CT molecular complexity index is 491. The van der Waals surface area contributed by atoms with Crippen molar-refractivity contribution >= 4 is 41.8 Å². The van der Waals surface area contributed by atoms with E-state index in [9.17, 15) is 9.59 Å². The summed E-state index contributed by atoms with van der Waals surface area (Å²) in [5, 5.41) is 0. The lowest BCUT2D eigenvalue weighted by Crippen LogP contribution is -2.50. The first-order valence-electron chi connectivity index (χ1n) is 10.2. The van der Waals surface area contributed by atoms with E-state index >= 15 is 0 Å². The predicted octanol–water partition coefficient (Wildman–Crippen LogP) is 2.36. The molecule has 1 aliphatic heterocycles. The Morgan fingerprint density at radius 2 is 1.36 bits per heavy atom. The van der Waals surface area contributed by atoms with E-state index in [4.69, 9.17) is 0 Å². The van der Waals surface area contributed by atoms with Crippen molar-refractivity contribution in [2.45, 2.75) is 46.0 Å². The van der Waals surface area contributed by atoms with Gasteiger partial charge in [-0.3, -0.25) is 14.6 Å². The normalized spacial score (nSPS) is 13.8. The lowest BCUT2D eigenvalue weighted by Gasteiger charge is -2.35. The third kappa shape index (κ3) is 9.93. The van der Waals surface area contributed by atoms with Gasteiger partial charge >= 0.3 is 0 Å². The second-order valence-electron chi connectivity index (χ2n) is 8.14. The molecule has 1 rings (SSSR count). The van der Waals surface area contributed by atoms with E-state index < -0.39 is 0 Å². The first-order chi connectivity index (χ1) is 12.7. The maximum Gasteiger partial charge on any atom is 0.222 e. The molecule has 0 atom stereocenters. The van der Waals surface area contributed by atoms with Crippen LogP contribution in [0.15, 0.2) is 4.99 Å². The second kappa shape index (κ2) is 14.0. The summed E-state index contributed by atoms with van der Waals surface area (Å²) < 4.78 is 0. The molecule has 0 aromatic heterocycles. The predicted molar refractivity (Wildman–Crippen MR) is 126 cm³/mol. The Morgan fingerprint density at radius 1 is 0.857 bits per heavy atom. The zero-order chi connectivity index (χ0) is 20.4. The SMILES string of the molecule is CC(C)CC(=O)N1CCN(C(=O)CCCCCN=C(N(C)C)N(C)C)CC1.I. The van der Waals surface area contributed by atoms with Crippen LogP contribution < -0.4 is 0 Å². The molecule has 0 unspecified atom stereocenters. The Kier molecular flexibility index (Phi) is 13.5. The summed E-state index contributed by atoms with van der Waals surface area (Å²) in [6, 6.07) is 0. The van der Waals surface area contributed by atoms with Gasteiger partial charge in [0.05, 0.1) is 0 Å². The van der Waals surface area contributed by atoms with Crippen LogP contribution in [0.1, 0.15) is 46.0 Å². The molecule has 28 heavy (non-hydrogen) atoms. The lowest BCUT2D eigenvalue weighted by atomic mass is 10.1. The number of rotatable bonds is 8. The van der Waals surface area contributed by atoms with Crippen LogP contribution in [0.4, 0.5) is 0 Å². The number of amides is 2. The van der Waals surface area contributed by atoms with E-state index in [-0.39, 0.29) is 35.8 Å². The zero-order valence-electron chi connectivity index (χ0n) is 18.6. The van der Waals surface area contributed by atoms with E-state index in [0.717, 1.165) is 31.8 Å². The number of piperazine rings is 1. The fraction of sp³-hybridized carbons (Fsp3) is 0.850. The molecule has 164 valence electrons. The number of halogens is 1. The molecule has 1 saturated heterocycles. The number of carbonyl (C=O) groups is 2. The van der Waals surface area contributed by atoms with Crippen molar-refractivity contribution in [3.05, 3.63) is 0 Å². The summed E-state index contributed by atoms with van der Waals surface area (Å²) in [6.07, 6.45) is 4.10. The van der Waals surface area contributed by atoms with Crippen molar-refractivity contribution in [2.24, 2.45) is 10.9 Å². The van der Waals surface area contributed by atoms with Crippen molar-refractivity contribution in [1.82, 2.24) is 19.6 Å². The minimum Gasteiger partial charge on any atom is -0.349 e. The smallest absolute Gasteiger partial charge is 0.222 e. The van der Waals surface area contributed by atoms with Crippen LogP contribution in [0.25, 0.3) is 0 Å². The number of hydrogen-bond donors (Lipinski definition) is 0. The van der Waals surface area contributed by atoms with Crippen molar-refractivity contribution in [2.75, 3.05) is 60.9 Å². The highest BCUT2D eigenvalue weighted by Crippen LogP contribution is 2.10. The minimum atomic E-state index is 0. The number of nitrogens with zero attached hydrogens (tertiary/aromatic N) is 5. The van der Waals surface area contributed by atoms with Crippen molar-refractivity contribution in [3.63, 3.8) is 0 Å². The van der Waals surface area contributed by atoms with Crippen LogP contribution in [0, 0.1) is 5.92 Å². The van der Waals surface area contributed by atoms with Gasteiger partial charge in [-0.15, -0.1) is 24.0 Å². The fourth-order valence-corrected chi connectivity index (χ4v) is 3.27. The summed E-state index contributed by atoms with van der Waals surface area (Å²) in [5.41, 5.74) is 0. The Labute approximate surface area is 188 Å². The van der Waals surface area contributed by atoms with Gasteiger partial charge in [0.2, 0.25) is 11.8 Å². The Balaban J connectivity index is 0.00000729.